The first-order valence-electron chi connectivity index (χ1n) is 14.3. The van der Waals surface area contributed by atoms with Gasteiger partial charge in [-0.05, 0) is 63.1 Å². The monoisotopic (exact) mass is 527 g/mol. The van der Waals surface area contributed by atoms with Gasteiger partial charge in [-0.2, -0.15) is 0 Å². The van der Waals surface area contributed by atoms with E-state index >= 15 is 0 Å². The van der Waals surface area contributed by atoms with Crippen LogP contribution < -0.4 is 10.6 Å². The standard InChI is InChI=1S/C31H49N3O4/c1-8-11-20-34(29(36)26(22(4)9-2)33-30(37)38-31(5,6)7)27(24-17-15-16-23(10-3)21-24)28(35)32-25-18-13-12-14-19-25/h10,15-17,21-22,25-27H,3,8-9,11-14,18-20H2,1-2,4-7H3,(H,32,35)(H,33,37). The van der Waals surface area contributed by atoms with E-state index in [1.165, 1.54) is 6.42 Å². The van der Waals surface area contributed by atoms with E-state index in [0.717, 1.165) is 49.7 Å². The molecule has 3 atom stereocenters. The van der Waals surface area contributed by atoms with Crippen LogP contribution in [0.1, 0.15) is 110 Å². The number of ether oxygens (including phenoxy) is 1. The highest BCUT2D eigenvalue weighted by Crippen LogP contribution is 2.27. The van der Waals surface area contributed by atoms with Gasteiger partial charge >= 0.3 is 6.09 Å². The molecule has 3 unspecified atom stereocenters. The van der Waals surface area contributed by atoms with Crippen LogP contribution in [0, 0.1) is 5.92 Å². The molecule has 1 aromatic rings. The summed E-state index contributed by atoms with van der Waals surface area (Å²) in [5.74, 6) is -0.602. The molecule has 1 fully saturated rings. The predicted octanol–water partition coefficient (Wildman–Crippen LogP) is 6.39. The topological polar surface area (TPSA) is 87.7 Å². The van der Waals surface area contributed by atoms with Crippen molar-refractivity contribution in [1.29, 1.82) is 0 Å². The fourth-order valence-corrected chi connectivity index (χ4v) is 4.85. The van der Waals surface area contributed by atoms with Crippen LogP contribution >= 0.6 is 0 Å². The summed E-state index contributed by atoms with van der Waals surface area (Å²) >= 11 is 0. The number of benzene rings is 1. The molecule has 7 nitrogen and oxygen atoms in total. The molecular weight excluding hydrogens is 478 g/mol. The van der Waals surface area contributed by atoms with E-state index in [0.29, 0.717) is 13.0 Å². The first-order valence-corrected chi connectivity index (χ1v) is 14.3. The van der Waals surface area contributed by atoms with Gasteiger partial charge in [0.15, 0.2) is 0 Å². The third kappa shape index (κ3) is 9.48. The number of rotatable bonds is 12. The number of carbonyl (C=O) groups excluding carboxylic acids is 3. The normalized spacial score (nSPS) is 16.6. The fraction of sp³-hybridized carbons (Fsp3) is 0.645. The highest BCUT2D eigenvalue weighted by Gasteiger charge is 2.38. The first-order chi connectivity index (χ1) is 18.0. The van der Waals surface area contributed by atoms with Crippen molar-refractivity contribution in [3.8, 4) is 0 Å². The molecule has 1 saturated carbocycles. The molecular formula is C31H49N3O4. The number of hydrogen-bond acceptors (Lipinski definition) is 4. The molecule has 0 heterocycles. The Morgan fingerprint density at radius 3 is 2.42 bits per heavy atom. The molecule has 38 heavy (non-hydrogen) atoms. The molecule has 0 aliphatic heterocycles. The molecule has 0 bridgehead atoms. The van der Waals surface area contributed by atoms with E-state index in [1.54, 1.807) is 31.7 Å². The molecule has 1 aromatic carbocycles. The number of hydrogen-bond donors (Lipinski definition) is 2. The van der Waals surface area contributed by atoms with Gasteiger partial charge in [0.25, 0.3) is 0 Å². The maximum atomic E-state index is 14.3. The minimum absolute atomic E-state index is 0.106. The van der Waals surface area contributed by atoms with E-state index in [4.69, 9.17) is 4.74 Å². The van der Waals surface area contributed by atoms with Gasteiger partial charge in [0.1, 0.15) is 17.7 Å². The quantitative estimate of drug-likeness (QED) is 0.330. The summed E-state index contributed by atoms with van der Waals surface area (Å²) in [6.45, 7) is 15.6. The third-order valence-electron chi connectivity index (χ3n) is 7.16. The second kappa shape index (κ2) is 14.9. The third-order valence-corrected chi connectivity index (χ3v) is 7.16. The molecule has 3 amide bonds. The van der Waals surface area contributed by atoms with E-state index in [1.807, 2.05) is 38.1 Å². The summed E-state index contributed by atoms with van der Waals surface area (Å²) in [6, 6.07) is 6.10. The Bertz CT molecular complexity index is 933. The molecule has 2 N–H and O–H groups in total. The van der Waals surface area contributed by atoms with Crippen LogP contribution in [-0.4, -0.2) is 47.0 Å². The number of nitrogens with zero attached hydrogens (tertiary/aromatic N) is 1. The fourth-order valence-electron chi connectivity index (χ4n) is 4.85. The Morgan fingerprint density at radius 2 is 1.84 bits per heavy atom. The zero-order valence-corrected chi connectivity index (χ0v) is 24.3. The van der Waals surface area contributed by atoms with Crippen molar-refractivity contribution in [3.05, 3.63) is 42.0 Å². The number of amides is 3. The lowest BCUT2D eigenvalue weighted by atomic mass is 9.93. The maximum absolute atomic E-state index is 14.3. The van der Waals surface area contributed by atoms with E-state index < -0.39 is 23.8 Å². The van der Waals surface area contributed by atoms with Gasteiger partial charge in [0.2, 0.25) is 11.8 Å². The van der Waals surface area contributed by atoms with Crippen molar-refractivity contribution in [2.24, 2.45) is 5.92 Å². The summed E-state index contributed by atoms with van der Waals surface area (Å²) in [5, 5.41) is 6.08. The second-order valence-corrected chi connectivity index (χ2v) is 11.5. The molecule has 0 saturated heterocycles. The number of carbonyl (C=O) groups is 3. The summed E-state index contributed by atoms with van der Waals surface area (Å²) in [6.07, 6.45) is 8.65. The molecule has 0 radical (unpaired) electrons. The number of nitrogens with one attached hydrogen (secondary N) is 2. The molecule has 0 spiro atoms. The molecule has 2 rings (SSSR count). The maximum Gasteiger partial charge on any atom is 0.408 e. The average molecular weight is 528 g/mol. The minimum atomic E-state index is -0.820. The Balaban J connectivity index is 2.50. The average Bonchev–Trinajstić information content (AvgIpc) is 2.88. The molecule has 0 aromatic heterocycles. The van der Waals surface area contributed by atoms with Gasteiger partial charge < -0.3 is 20.3 Å². The zero-order chi connectivity index (χ0) is 28.3. The van der Waals surface area contributed by atoms with Gasteiger partial charge in [-0.3, -0.25) is 9.59 Å². The van der Waals surface area contributed by atoms with Crippen LogP contribution in [0.4, 0.5) is 4.79 Å². The van der Waals surface area contributed by atoms with Gasteiger partial charge in [-0.15, -0.1) is 0 Å². The van der Waals surface area contributed by atoms with Crippen LogP contribution in [0.2, 0.25) is 0 Å². The van der Waals surface area contributed by atoms with E-state index in [9.17, 15) is 14.4 Å². The van der Waals surface area contributed by atoms with Crippen LogP contribution in [0.15, 0.2) is 30.8 Å². The highest BCUT2D eigenvalue weighted by molar-refractivity contribution is 5.92. The molecule has 1 aliphatic carbocycles. The van der Waals surface area contributed by atoms with Crippen molar-refractivity contribution < 1.29 is 19.1 Å². The predicted molar refractivity (Wildman–Crippen MR) is 154 cm³/mol. The van der Waals surface area contributed by atoms with Crippen molar-refractivity contribution >= 4 is 24.0 Å². The molecule has 212 valence electrons. The number of alkyl carbamates (subject to hydrolysis) is 1. The summed E-state index contributed by atoms with van der Waals surface area (Å²) in [4.78, 5) is 42.6. The second-order valence-electron chi connectivity index (χ2n) is 11.5. The summed E-state index contributed by atoms with van der Waals surface area (Å²) in [5.41, 5.74) is 0.925. The lowest BCUT2D eigenvalue weighted by Crippen LogP contribution is -2.56. The number of unbranched alkanes of at least 4 members (excludes halogenated alkanes) is 1. The minimum Gasteiger partial charge on any atom is -0.444 e. The van der Waals surface area contributed by atoms with Gasteiger partial charge in [0.05, 0.1) is 0 Å². The van der Waals surface area contributed by atoms with Crippen LogP contribution in [-0.2, 0) is 14.3 Å². The largest absolute Gasteiger partial charge is 0.444 e. The smallest absolute Gasteiger partial charge is 0.408 e. The van der Waals surface area contributed by atoms with E-state index in [-0.39, 0.29) is 23.8 Å². The first kappa shape index (κ1) is 31.4. The summed E-state index contributed by atoms with van der Waals surface area (Å²) < 4.78 is 5.49. The Hall–Kier alpha value is -2.83. The Kier molecular flexibility index (Phi) is 12.3. The highest BCUT2D eigenvalue weighted by atomic mass is 16.6. The van der Waals surface area contributed by atoms with Crippen LogP contribution in [0.25, 0.3) is 6.08 Å². The Labute approximate surface area is 229 Å². The van der Waals surface area contributed by atoms with Crippen molar-refractivity contribution in [2.45, 2.75) is 117 Å². The van der Waals surface area contributed by atoms with Crippen molar-refractivity contribution in [2.75, 3.05) is 6.54 Å². The van der Waals surface area contributed by atoms with E-state index in [2.05, 4.69) is 24.1 Å². The van der Waals surface area contributed by atoms with Crippen LogP contribution in [0.5, 0.6) is 0 Å². The summed E-state index contributed by atoms with van der Waals surface area (Å²) in [7, 11) is 0. The SMILES string of the molecule is C=Cc1cccc(C(C(=O)NC2CCCCC2)N(CCCC)C(=O)C(NC(=O)OC(C)(C)C)C(C)CC)c1. The lowest BCUT2D eigenvalue weighted by molar-refractivity contribution is -0.144. The zero-order valence-electron chi connectivity index (χ0n) is 24.3. The molecule has 1 aliphatic rings. The van der Waals surface area contributed by atoms with Gasteiger partial charge in [-0.1, -0.05) is 83.7 Å². The van der Waals surface area contributed by atoms with Gasteiger partial charge in [-0.25, -0.2) is 4.79 Å². The van der Waals surface area contributed by atoms with Crippen molar-refractivity contribution in [3.63, 3.8) is 0 Å². The van der Waals surface area contributed by atoms with Crippen molar-refractivity contribution in [1.82, 2.24) is 15.5 Å². The van der Waals surface area contributed by atoms with Gasteiger partial charge in [0, 0.05) is 12.6 Å². The Morgan fingerprint density at radius 1 is 1.16 bits per heavy atom. The lowest BCUT2D eigenvalue weighted by Gasteiger charge is -2.37. The van der Waals surface area contributed by atoms with Crippen LogP contribution in [0.3, 0.4) is 0 Å². The molecule has 7 heteroatoms.